The first-order valence-corrected chi connectivity index (χ1v) is 9.32. The molecule has 0 saturated carbocycles. The fourth-order valence-electron chi connectivity index (χ4n) is 3.07. The smallest absolute Gasteiger partial charge is 0.373 e. The number of piperidine rings is 1. The van der Waals surface area contributed by atoms with Gasteiger partial charge in [-0.3, -0.25) is 14.9 Å². The van der Waals surface area contributed by atoms with Crippen molar-refractivity contribution in [3.63, 3.8) is 0 Å². The molecule has 2 heterocycles. The van der Waals surface area contributed by atoms with Gasteiger partial charge in [0.05, 0.1) is 17.4 Å². The molecule has 154 valence electrons. The van der Waals surface area contributed by atoms with Crippen LogP contribution in [-0.2, 0) is 9.53 Å². The highest BCUT2D eigenvalue weighted by Gasteiger charge is 2.33. The Morgan fingerprint density at radius 1 is 1.38 bits per heavy atom. The highest BCUT2D eigenvalue weighted by Crippen LogP contribution is 2.38. The van der Waals surface area contributed by atoms with Crippen LogP contribution in [0, 0.1) is 21.8 Å². The third-order valence-corrected chi connectivity index (χ3v) is 4.70. The van der Waals surface area contributed by atoms with Crippen molar-refractivity contribution in [1.29, 1.82) is 0 Å². The Kier molecular flexibility index (Phi) is 6.42. The van der Waals surface area contributed by atoms with E-state index in [1.165, 1.54) is 12.1 Å². The van der Waals surface area contributed by atoms with Crippen molar-refractivity contribution >= 4 is 29.1 Å². The molecular weight excluding hydrogens is 407 g/mol. The van der Waals surface area contributed by atoms with Crippen LogP contribution >= 0.6 is 11.6 Å². The van der Waals surface area contributed by atoms with E-state index in [1.54, 1.807) is 11.8 Å². The monoisotopic (exact) mass is 424 g/mol. The SMILES string of the molecule is CCOC(=O)C1CCN(c2ncnc(Oc3ccc(Cl)cc3F)c2[N+](=O)[O-])CC1. The summed E-state index contributed by atoms with van der Waals surface area (Å²) >= 11 is 5.71. The fourth-order valence-corrected chi connectivity index (χ4v) is 3.23. The molecule has 29 heavy (non-hydrogen) atoms. The molecule has 0 bridgehead atoms. The van der Waals surface area contributed by atoms with Gasteiger partial charge in [0.1, 0.15) is 6.33 Å². The molecular formula is C18H18ClFN4O5. The van der Waals surface area contributed by atoms with Crippen LogP contribution in [0.15, 0.2) is 24.5 Å². The predicted molar refractivity (Wildman–Crippen MR) is 102 cm³/mol. The van der Waals surface area contributed by atoms with E-state index in [0.717, 1.165) is 12.4 Å². The van der Waals surface area contributed by atoms with Crippen molar-refractivity contribution in [3.05, 3.63) is 45.5 Å². The van der Waals surface area contributed by atoms with Crippen molar-refractivity contribution in [2.75, 3.05) is 24.6 Å². The first-order chi connectivity index (χ1) is 13.9. The molecule has 9 nitrogen and oxygen atoms in total. The maximum absolute atomic E-state index is 14.0. The Bertz CT molecular complexity index is 921. The van der Waals surface area contributed by atoms with Gasteiger partial charge < -0.3 is 14.4 Å². The van der Waals surface area contributed by atoms with Gasteiger partial charge in [-0.25, -0.2) is 9.37 Å². The van der Waals surface area contributed by atoms with E-state index in [9.17, 15) is 19.3 Å². The summed E-state index contributed by atoms with van der Waals surface area (Å²) in [6.07, 6.45) is 2.06. The lowest BCUT2D eigenvalue weighted by Crippen LogP contribution is -2.37. The normalized spacial score (nSPS) is 14.5. The van der Waals surface area contributed by atoms with Crippen LogP contribution in [0.5, 0.6) is 11.6 Å². The van der Waals surface area contributed by atoms with Crippen molar-refractivity contribution in [3.8, 4) is 11.6 Å². The maximum atomic E-state index is 14.0. The number of nitro groups is 1. The van der Waals surface area contributed by atoms with E-state index in [0.29, 0.717) is 32.5 Å². The lowest BCUT2D eigenvalue weighted by molar-refractivity contribution is -0.385. The minimum absolute atomic E-state index is 0.0525. The molecule has 11 heteroatoms. The summed E-state index contributed by atoms with van der Waals surface area (Å²) in [5.74, 6) is -1.88. The molecule has 0 N–H and O–H groups in total. The number of rotatable bonds is 6. The number of hydrogen-bond donors (Lipinski definition) is 0. The molecule has 1 aliphatic heterocycles. The van der Waals surface area contributed by atoms with E-state index in [-0.39, 0.29) is 34.4 Å². The number of esters is 1. The van der Waals surface area contributed by atoms with Crippen molar-refractivity contribution < 1.29 is 23.6 Å². The lowest BCUT2D eigenvalue weighted by Gasteiger charge is -2.31. The molecule has 1 saturated heterocycles. The molecule has 1 aromatic carbocycles. The van der Waals surface area contributed by atoms with Gasteiger partial charge in [0.25, 0.3) is 0 Å². The van der Waals surface area contributed by atoms with Crippen molar-refractivity contribution in [2.45, 2.75) is 19.8 Å². The number of hydrogen-bond acceptors (Lipinski definition) is 8. The molecule has 0 unspecified atom stereocenters. The third kappa shape index (κ3) is 4.70. The van der Waals surface area contributed by atoms with Gasteiger partial charge in [0.15, 0.2) is 11.6 Å². The minimum Gasteiger partial charge on any atom is -0.466 e. The zero-order valence-corrected chi connectivity index (χ0v) is 16.3. The number of aromatic nitrogens is 2. The summed E-state index contributed by atoms with van der Waals surface area (Å²) in [6, 6.07) is 3.69. The van der Waals surface area contributed by atoms with Crippen LogP contribution < -0.4 is 9.64 Å². The zero-order chi connectivity index (χ0) is 21.0. The van der Waals surface area contributed by atoms with Crippen LogP contribution in [0.3, 0.4) is 0 Å². The maximum Gasteiger partial charge on any atom is 0.373 e. The molecule has 1 aromatic heterocycles. The second-order valence-corrected chi connectivity index (χ2v) is 6.73. The van der Waals surface area contributed by atoms with Gasteiger partial charge in [0.2, 0.25) is 5.82 Å². The zero-order valence-electron chi connectivity index (χ0n) is 15.5. The number of carbonyl (C=O) groups excluding carboxylic acids is 1. The summed E-state index contributed by atoms with van der Waals surface area (Å²) in [7, 11) is 0. The number of carbonyl (C=O) groups is 1. The van der Waals surface area contributed by atoms with E-state index in [1.807, 2.05) is 0 Å². The lowest BCUT2D eigenvalue weighted by atomic mass is 9.97. The van der Waals surface area contributed by atoms with Crippen molar-refractivity contribution in [2.24, 2.45) is 5.92 Å². The summed E-state index contributed by atoms with van der Waals surface area (Å²) < 4.78 is 24.4. The largest absolute Gasteiger partial charge is 0.466 e. The molecule has 3 rings (SSSR count). The molecule has 0 radical (unpaired) electrons. The average molecular weight is 425 g/mol. The van der Waals surface area contributed by atoms with Gasteiger partial charge in [-0.2, -0.15) is 4.98 Å². The second-order valence-electron chi connectivity index (χ2n) is 6.30. The highest BCUT2D eigenvalue weighted by atomic mass is 35.5. The van der Waals surface area contributed by atoms with Crippen LogP contribution in [0.1, 0.15) is 19.8 Å². The van der Waals surface area contributed by atoms with Gasteiger partial charge in [-0.05, 0) is 38.0 Å². The van der Waals surface area contributed by atoms with Crippen molar-refractivity contribution in [1.82, 2.24) is 9.97 Å². The molecule has 0 spiro atoms. The molecule has 1 fully saturated rings. The summed E-state index contributed by atoms with van der Waals surface area (Å²) in [5.41, 5.74) is -0.476. The minimum atomic E-state index is -0.776. The Morgan fingerprint density at radius 2 is 2.10 bits per heavy atom. The Balaban J connectivity index is 1.84. The Hall–Kier alpha value is -3.01. The Morgan fingerprint density at radius 3 is 2.72 bits per heavy atom. The molecule has 2 aromatic rings. The number of benzene rings is 1. The first-order valence-electron chi connectivity index (χ1n) is 8.94. The summed E-state index contributed by atoms with van der Waals surface area (Å²) in [6.45, 7) is 2.78. The van der Waals surface area contributed by atoms with Gasteiger partial charge >= 0.3 is 17.5 Å². The van der Waals surface area contributed by atoms with E-state index < -0.39 is 16.4 Å². The number of nitrogens with zero attached hydrogens (tertiary/aromatic N) is 4. The summed E-state index contributed by atoms with van der Waals surface area (Å²) in [5, 5.41) is 11.9. The summed E-state index contributed by atoms with van der Waals surface area (Å²) in [4.78, 5) is 32.4. The van der Waals surface area contributed by atoms with Gasteiger partial charge in [-0.15, -0.1) is 0 Å². The Labute approximate surface area is 170 Å². The van der Waals surface area contributed by atoms with E-state index >= 15 is 0 Å². The molecule has 1 aliphatic rings. The molecule has 0 atom stereocenters. The standard InChI is InChI=1S/C18H18ClFN4O5/c1-2-28-18(25)11-5-7-23(8-6-11)16-15(24(26)27)17(22-10-21-16)29-14-4-3-12(19)9-13(14)20/h3-4,9-11H,2,5-8H2,1H3. The number of ether oxygens (including phenoxy) is 2. The van der Waals surface area contributed by atoms with Gasteiger partial charge in [0, 0.05) is 18.1 Å². The topological polar surface area (TPSA) is 108 Å². The quantitative estimate of drug-likeness (QED) is 0.392. The van der Waals surface area contributed by atoms with Crippen LogP contribution in [0.2, 0.25) is 5.02 Å². The van der Waals surface area contributed by atoms with Crippen LogP contribution in [0.4, 0.5) is 15.9 Å². The third-order valence-electron chi connectivity index (χ3n) is 4.47. The highest BCUT2D eigenvalue weighted by molar-refractivity contribution is 6.30. The predicted octanol–water partition coefficient (Wildman–Crippen LogP) is 3.75. The first kappa shape index (κ1) is 20.7. The molecule has 0 aliphatic carbocycles. The number of anilines is 1. The molecule has 0 amide bonds. The van der Waals surface area contributed by atoms with Crippen LogP contribution in [-0.4, -0.2) is 40.6 Å². The van der Waals surface area contributed by atoms with E-state index in [4.69, 9.17) is 21.1 Å². The average Bonchev–Trinajstić information content (AvgIpc) is 2.70. The van der Waals surface area contributed by atoms with Gasteiger partial charge in [-0.1, -0.05) is 11.6 Å². The fraction of sp³-hybridized carbons (Fsp3) is 0.389. The van der Waals surface area contributed by atoms with Crippen LogP contribution in [0.25, 0.3) is 0 Å². The number of halogens is 2. The van der Waals surface area contributed by atoms with E-state index in [2.05, 4.69) is 9.97 Å². The second kappa shape index (κ2) is 8.99.